The zero-order valence-corrected chi connectivity index (χ0v) is 14.9. The Balaban J connectivity index is 1.61. The molecule has 0 bridgehead atoms. The van der Waals surface area contributed by atoms with Crippen LogP contribution in [-0.4, -0.2) is 47.3 Å². The van der Waals surface area contributed by atoms with Crippen LogP contribution in [0.4, 0.5) is 0 Å². The molecule has 2 aromatic carbocycles. The van der Waals surface area contributed by atoms with Gasteiger partial charge in [-0.3, -0.25) is 9.69 Å². The zero-order chi connectivity index (χ0) is 18.6. The summed E-state index contributed by atoms with van der Waals surface area (Å²) in [5.74, 6) is -0.133. The van der Waals surface area contributed by atoms with Crippen molar-refractivity contribution < 1.29 is 19.4 Å². The third kappa shape index (κ3) is 3.82. The summed E-state index contributed by atoms with van der Waals surface area (Å²) in [4.78, 5) is 17.1. The highest BCUT2D eigenvalue weighted by Gasteiger charge is 2.30. The van der Waals surface area contributed by atoms with Crippen LogP contribution in [0.15, 0.2) is 54.7 Å². The van der Waals surface area contributed by atoms with E-state index in [9.17, 15) is 9.90 Å². The lowest BCUT2D eigenvalue weighted by Crippen LogP contribution is -2.42. The summed E-state index contributed by atoms with van der Waals surface area (Å²) in [6, 6.07) is 15.0. The van der Waals surface area contributed by atoms with Crippen LogP contribution in [0.1, 0.15) is 17.2 Å². The second-order valence-electron chi connectivity index (χ2n) is 6.61. The lowest BCUT2D eigenvalue weighted by molar-refractivity contribution is -0.145. The largest absolute Gasteiger partial charge is 0.489 e. The maximum atomic E-state index is 12.0. The fraction of sp³-hybridized carbons (Fsp3) is 0.286. The van der Waals surface area contributed by atoms with Crippen LogP contribution in [0.25, 0.3) is 10.9 Å². The summed E-state index contributed by atoms with van der Waals surface area (Å²) in [6.07, 6.45) is 1.79. The number of aromatic amines is 1. The lowest BCUT2D eigenvalue weighted by Gasteiger charge is -2.31. The highest BCUT2D eigenvalue weighted by molar-refractivity contribution is 5.90. The minimum atomic E-state index is -0.853. The number of aromatic nitrogens is 1. The molecule has 0 aliphatic carbocycles. The Kier molecular flexibility index (Phi) is 5.09. The van der Waals surface area contributed by atoms with Crippen LogP contribution in [0.5, 0.6) is 5.75 Å². The van der Waals surface area contributed by atoms with Gasteiger partial charge in [0, 0.05) is 35.8 Å². The van der Waals surface area contributed by atoms with E-state index in [0.29, 0.717) is 32.9 Å². The summed E-state index contributed by atoms with van der Waals surface area (Å²) in [7, 11) is 0. The van der Waals surface area contributed by atoms with E-state index in [1.54, 1.807) is 6.20 Å². The molecule has 1 atom stereocenters. The normalized spacial score (nSPS) is 16.3. The molecule has 1 saturated heterocycles. The van der Waals surface area contributed by atoms with Crippen molar-refractivity contribution in [1.82, 2.24) is 9.88 Å². The van der Waals surface area contributed by atoms with Crippen molar-refractivity contribution in [3.05, 3.63) is 65.9 Å². The third-order valence-electron chi connectivity index (χ3n) is 4.87. The first-order chi connectivity index (χ1) is 13.2. The monoisotopic (exact) mass is 366 g/mol. The minimum absolute atomic E-state index is 0.470. The van der Waals surface area contributed by atoms with Gasteiger partial charge in [-0.15, -0.1) is 0 Å². The van der Waals surface area contributed by atoms with Crippen molar-refractivity contribution in [2.75, 3.05) is 26.3 Å². The van der Waals surface area contributed by atoms with Gasteiger partial charge in [0.1, 0.15) is 18.4 Å². The molecule has 2 N–H and O–H groups in total. The highest BCUT2D eigenvalue weighted by atomic mass is 16.5. The molecule has 0 amide bonds. The number of hydrogen-bond donors (Lipinski definition) is 2. The summed E-state index contributed by atoms with van der Waals surface area (Å²) in [5, 5.41) is 10.7. The number of hydrogen-bond acceptors (Lipinski definition) is 4. The van der Waals surface area contributed by atoms with E-state index in [-0.39, 0.29) is 0 Å². The lowest BCUT2D eigenvalue weighted by atomic mass is 10.0. The molecule has 140 valence electrons. The predicted octanol–water partition coefficient (Wildman–Crippen LogP) is 3.20. The van der Waals surface area contributed by atoms with Crippen LogP contribution >= 0.6 is 0 Å². The van der Waals surface area contributed by atoms with Crippen molar-refractivity contribution in [1.29, 1.82) is 0 Å². The summed E-state index contributed by atoms with van der Waals surface area (Å²) in [5.41, 5.74) is 2.74. The van der Waals surface area contributed by atoms with E-state index >= 15 is 0 Å². The Morgan fingerprint density at radius 3 is 2.70 bits per heavy atom. The molecule has 6 heteroatoms. The van der Waals surface area contributed by atoms with E-state index in [4.69, 9.17) is 9.47 Å². The molecule has 0 spiro atoms. The number of nitrogens with one attached hydrogen (secondary N) is 1. The SMILES string of the molecule is O=C(O)[C@@H](c1c[nH]c2ccc(OCc3ccccc3)cc12)N1CCOCC1. The van der Waals surface area contributed by atoms with Crippen molar-refractivity contribution in [2.24, 2.45) is 0 Å². The number of carbonyl (C=O) groups is 1. The number of morpholine rings is 1. The smallest absolute Gasteiger partial charge is 0.325 e. The number of ether oxygens (including phenoxy) is 2. The predicted molar refractivity (Wildman–Crippen MR) is 102 cm³/mol. The van der Waals surface area contributed by atoms with Gasteiger partial charge >= 0.3 is 5.97 Å². The molecule has 1 aromatic heterocycles. The Hall–Kier alpha value is -2.83. The fourth-order valence-corrected chi connectivity index (χ4v) is 3.50. The molecule has 1 fully saturated rings. The molecule has 3 aromatic rings. The molecule has 2 heterocycles. The first kappa shape index (κ1) is 17.6. The molecule has 0 saturated carbocycles. The number of H-pyrrole nitrogens is 1. The third-order valence-corrected chi connectivity index (χ3v) is 4.87. The Morgan fingerprint density at radius 2 is 1.96 bits per heavy atom. The number of carboxylic acids is 1. The van der Waals surface area contributed by atoms with Gasteiger partial charge in [0.25, 0.3) is 0 Å². The zero-order valence-electron chi connectivity index (χ0n) is 14.9. The van der Waals surface area contributed by atoms with Crippen LogP contribution in [-0.2, 0) is 16.1 Å². The molecule has 0 radical (unpaired) electrons. The molecular formula is C21H22N2O4. The number of benzene rings is 2. The molecule has 6 nitrogen and oxygen atoms in total. The van der Waals surface area contributed by atoms with E-state index in [2.05, 4.69) is 4.98 Å². The highest BCUT2D eigenvalue weighted by Crippen LogP contribution is 2.31. The first-order valence-electron chi connectivity index (χ1n) is 9.05. The maximum Gasteiger partial charge on any atom is 0.325 e. The van der Waals surface area contributed by atoms with E-state index < -0.39 is 12.0 Å². The first-order valence-corrected chi connectivity index (χ1v) is 9.05. The number of nitrogens with zero attached hydrogens (tertiary/aromatic N) is 1. The molecule has 27 heavy (non-hydrogen) atoms. The van der Waals surface area contributed by atoms with E-state index in [1.807, 2.05) is 53.4 Å². The van der Waals surface area contributed by atoms with Gasteiger partial charge < -0.3 is 19.6 Å². The van der Waals surface area contributed by atoms with Gasteiger partial charge in [-0.25, -0.2) is 0 Å². The van der Waals surface area contributed by atoms with Gasteiger partial charge in [-0.05, 0) is 23.8 Å². The van der Waals surface area contributed by atoms with Gasteiger partial charge in [0.15, 0.2) is 0 Å². The fourth-order valence-electron chi connectivity index (χ4n) is 3.50. The van der Waals surface area contributed by atoms with Gasteiger partial charge in [-0.1, -0.05) is 30.3 Å². The van der Waals surface area contributed by atoms with Crippen LogP contribution in [0, 0.1) is 0 Å². The Bertz CT molecular complexity index is 916. The Morgan fingerprint density at radius 1 is 1.19 bits per heavy atom. The van der Waals surface area contributed by atoms with Gasteiger partial charge in [-0.2, -0.15) is 0 Å². The average molecular weight is 366 g/mol. The molecule has 1 aliphatic heterocycles. The maximum absolute atomic E-state index is 12.0. The second kappa shape index (κ2) is 7.82. The molecule has 1 aliphatic rings. The number of fused-ring (bicyclic) bond motifs is 1. The standard InChI is InChI=1S/C21H22N2O4/c24-21(25)20(23-8-10-26-11-9-23)18-13-22-19-7-6-16(12-17(18)19)27-14-15-4-2-1-3-5-15/h1-7,12-13,20,22H,8-11,14H2,(H,24,25)/t20-/m1/s1. The van der Waals surface area contributed by atoms with Gasteiger partial charge in [0.2, 0.25) is 0 Å². The molecular weight excluding hydrogens is 344 g/mol. The molecule has 4 rings (SSSR count). The summed E-state index contributed by atoms with van der Waals surface area (Å²) >= 11 is 0. The Labute approximate surface area is 157 Å². The van der Waals surface area contributed by atoms with E-state index in [1.165, 1.54) is 0 Å². The quantitative estimate of drug-likeness (QED) is 0.701. The average Bonchev–Trinajstić information content (AvgIpc) is 3.11. The number of rotatable bonds is 6. The number of carboxylic acid groups (broad SMARTS) is 1. The number of aliphatic carboxylic acids is 1. The minimum Gasteiger partial charge on any atom is -0.489 e. The van der Waals surface area contributed by atoms with Crippen molar-refractivity contribution in [3.63, 3.8) is 0 Å². The van der Waals surface area contributed by atoms with Gasteiger partial charge in [0.05, 0.1) is 13.2 Å². The van der Waals surface area contributed by atoms with Crippen molar-refractivity contribution in [2.45, 2.75) is 12.6 Å². The van der Waals surface area contributed by atoms with E-state index in [0.717, 1.165) is 27.8 Å². The molecule has 0 unspecified atom stereocenters. The van der Waals surface area contributed by atoms with Crippen LogP contribution < -0.4 is 4.74 Å². The topological polar surface area (TPSA) is 74.8 Å². The van der Waals surface area contributed by atoms with Crippen LogP contribution in [0.2, 0.25) is 0 Å². The van der Waals surface area contributed by atoms with Crippen molar-refractivity contribution >= 4 is 16.9 Å². The van der Waals surface area contributed by atoms with Crippen LogP contribution in [0.3, 0.4) is 0 Å². The summed E-state index contributed by atoms with van der Waals surface area (Å²) in [6.45, 7) is 2.79. The van der Waals surface area contributed by atoms with Crippen molar-refractivity contribution in [3.8, 4) is 5.75 Å². The summed E-state index contributed by atoms with van der Waals surface area (Å²) < 4.78 is 11.3. The second-order valence-corrected chi connectivity index (χ2v) is 6.61.